The molecule has 0 aliphatic carbocycles. The number of rotatable bonds is 2. The largest absolute Gasteiger partial charge is 0.370 e. The molecule has 1 saturated heterocycles. The van der Waals surface area contributed by atoms with Gasteiger partial charge in [-0.3, -0.25) is 4.90 Å². The molecule has 1 aromatic carbocycles. The molecule has 0 saturated carbocycles. The molecular weight excluding hydrogens is 366 g/mol. The average Bonchev–Trinajstić information content (AvgIpc) is 2.69. The Morgan fingerprint density at radius 1 is 0.900 bits per heavy atom. The number of nitriles is 1. The van der Waals surface area contributed by atoms with E-state index in [1.165, 1.54) is 6.42 Å². The number of benzene rings is 1. The van der Waals surface area contributed by atoms with Gasteiger partial charge in [-0.2, -0.15) is 5.26 Å². The third kappa shape index (κ3) is 4.30. The lowest BCUT2D eigenvalue weighted by Crippen LogP contribution is -2.58. The predicted octanol–water partition coefficient (Wildman–Crippen LogP) is 6.40. The quantitative estimate of drug-likeness (QED) is 0.531. The highest BCUT2D eigenvalue weighted by Gasteiger charge is 2.44. The molecule has 0 radical (unpaired) electrons. The zero-order valence-corrected chi connectivity index (χ0v) is 20.5. The summed E-state index contributed by atoms with van der Waals surface area (Å²) in [5.74, 6) is 0. The molecule has 0 spiro atoms. The highest BCUT2D eigenvalue weighted by molar-refractivity contribution is 5.59. The van der Waals surface area contributed by atoms with E-state index in [2.05, 4.69) is 77.3 Å². The fraction of sp³-hybridized carbons (Fsp3) is 0.667. The third-order valence-corrected chi connectivity index (χ3v) is 8.08. The Hall–Kier alpha value is -1.79. The number of para-hydroxylation sites is 1. The van der Waals surface area contributed by atoms with Crippen LogP contribution in [0.15, 0.2) is 35.4 Å². The highest BCUT2D eigenvalue weighted by atomic mass is 15.3. The maximum atomic E-state index is 9.50. The van der Waals surface area contributed by atoms with E-state index in [9.17, 15) is 5.26 Å². The summed E-state index contributed by atoms with van der Waals surface area (Å²) in [5.41, 5.74) is 5.55. The Bertz CT molecular complexity index is 845. The van der Waals surface area contributed by atoms with Crippen LogP contribution in [0, 0.1) is 22.2 Å². The second-order valence-corrected chi connectivity index (χ2v) is 11.5. The Labute approximate surface area is 184 Å². The monoisotopic (exact) mass is 407 g/mol. The van der Waals surface area contributed by atoms with Gasteiger partial charge in [-0.05, 0) is 69.9 Å². The summed E-state index contributed by atoms with van der Waals surface area (Å²) in [6.45, 7) is 22.5. The van der Waals surface area contributed by atoms with Gasteiger partial charge in [0, 0.05) is 31.2 Å². The number of piperidine rings is 1. The summed E-state index contributed by atoms with van der Waals surface area (Å²) >= 11 is 0. The highest BCUT2D eigenvalue weighted by Crippen LogP contribution is 2.47. The average molecular weight is 408 g/mol. The smallest absolute Gasteiger partial charge is 0.101 e. The number of hydrogen-bond donors (Lipinski definition) is 0. The molecule has 3 heteroatoms. The van der Waals surface area contributed by atoms with Crippen molar-refractivity contribution in [3.63, 3.8) is 0 Å². The van der Waals surface area contributed by atoms with Crippen molar-refractivity contribution in [3.05, 3.63) is 41.0 Å². The second kappa shape index (κ2) is 8.04. The molecule has 164 valence electrons. The fourth-order valence-corrected chi connectivity index (χ4v) is 5.97. The minimum absolute atomic E-state index is 0.153. The van der Waals surface area contributed by atoms with Crippen molar-refractivity contribution in [2.75, 3.05) is 24.5 Å². The van der Waals surface area contributed by atoms with Gasteiger partial charge in [0.2, 0.25) is 0 Å². The summed E-state index contributed by atoms with van der Waals surface area (Å²) in [7, 11) is 0. The Balaban J connectivity index is 1.84. The molecular formula is C27H41N3. The maximum absolute atomic E-state index is 9.50. The van der Waals surface area contributed by atoms with E-state index in [4.69, 9.17) is 0 Å². The van der Waals surface area contributed by atoms with Crippen LogP contribution in [0.1, 0.15) is 80.2 Å². The SMILES string of the molecule is CC1=C(C)C(C)(C)CC(C)(C)N(C2CCN(c3ccccc3C#N)CC2)CC1(C)C. The van der Waals surface area contributed by atoms with E-state index < -0.39 is 0 Å². The summed E-state index contributed by atoms with van der Waals surface area (Å²) < 4.78 is 0. The normalized spacial score (nSPS) is 24.8. The minimum Gasteiger partial charge on any atom is -0.370 e. The predicted molar refractivity (Wildman–Crippen MR) is 128 cm³/mol. The van der Waals surface area contributed by atoms with E-state index in [-0.39, 0.29) is 16.4 Å². The lowest BCUT2D eigenvalue weighted by molar-refractivity contribution is 0.0000961. The molecule has 0 atom stereocenters. The first-order chi connectivity index (χ1) is 13.9. The second-order valence-electron chi connectivity index (χ2n) is 11.5. The van der Waals surface area contributed by atoms with E-state index >= 15 is 0 Å². The molecule has 3 nitrogen and oxygen atoms in total. The van der Waals surface area contributed by atoms with Gasteiger partial charge >= 0.3 is 0 Å². The number of allylic oxidation sites excluding steroid dienone is 1. The molecule has 0 unspecified atom stereocenters. The first-order valence-corrected chi connectivity index (χ1v) is 11.6. The van der Waals surface area contributed by atoms with E-state index in [0.717, 1.165) is 43.7 Å². The van der Waals surface area contributed by atoms with Gasteiger partial charge in [-0.15, -0.1) is 0 Å². The third-order valence-electron chi connectivity index (χ3n) is 8.08. The molecule has 2 aliphatic heterocycles. The van der Waals surface area contributed by atoms with Crippen LogP contribution >= 0.6 is 0 Å². The zero-order valence-electron chi connectivity index (χ0n) is 20.5. The molecule has 0 bridgehead atoms. The molecule has 0 aromatic heterocycles. The van der Waals surface area contributed by atoms with Crippen molar-refractivity contribution >= 4 is 5.69 Å². The standard InChI is InChI=1S/C27H41N3/c1-20-21(2)26(5,6)19-30(27(7,8)18-25(20,3)4)23-13-15-29(16-14-23)24-12-10-9-11-22(24)17-28/h9-12,23H,13-16,18-19H2,1-8H3. The van der Waals surface area contributed by atoms with Gasteiger partial charge in [-0.25, -0.2) is 0 Å². The van der Waals surface area contributed by atoms with E-state index in [1.807, 2.05) is 18.2 Å². The van der Waals surface area contributed by atoms with Crippen LogP contribution in [0.25, 0.3) is 0 Å². The lowest BCUT2D eigenvalue weighted by atomic mass is 9.66. The fourth-order valence-electron chi connectivity index (χ4n) is 5.97. The topological polar surface area (TPSA) is 30.3 Å². The molecule has 2 heterocycles. The van der Waals surface area contributed by atoms with E-state index in [1.54, 1.807) is 11.1 Å². The van der Waals surface area contributed by atoms with Crippen LogP contribution in [-0.4, -0.2) is 36.1 Å². The summed E-state index contributed by atoms with van der Waals surface area (Å²) in [6.07, 6.45) is 3.49. The lowest BCUT2D eigenvalue weighted by Gasteiger charge is -2.54. The van der Waals surface area contributed by atoms with Crippen LogP contribution in [0.5, 0.6) is 0 Å². The van der Waals surface area contributed by atoms with Crippen molar-refractivity contribution < 1.29 is 0 Å². The number of hydrogen-bond acceptors (Lipinski definition) is 3. The van der Waals surface area contributed by atoms with Crippen molar-refractivity contribution in [1.29, 1.82) is 5.26 Å². The van der Waals surface area contributed by atoms with Crippen molar-refractivity contribution in [1.82, 2.24) is 4.90 Å². The molecule has 2 aliphatic rings. The molecule has 0 amide bonds. The van der Waals surface area contributed by atoms with Gasteiger partial charge in [0.05, 0.1) is 11.3 Å². The van der Waals surface area contributed by atoms with E-state index in [0.29, 0.717) is 6.04 Å². The molecule has 0 N–H and O–H groups in total. The Morgan fingerprint density at radius 2 is 1.47 bits per heavy atom. The zero-order chi connectivity index (χ0) is 22.3. The number of anilines is 1. The first-order valence-electron chi connectivity index (χ1n) is 11.6. The van der Waals surface area contributed by atoms with Gasteiger partial charge in [-0.1, -0.05) is 51.0 Å². The molecule has 3 rings (SSSR count). The van der Waals surface area contributed by atoms with Crippen molar-refractivity contribution in [2.45, 2.75) is 86.2 Å². The number of nitrogens with zero attached hydrogens (tertiary/aromatic N) is 3. The first kappa shape index (κ1) is 22.9. The van der Waals surface area contributed by atoms with Crippen LogP contribution in [0.4, 0.5) is 5.69 Å². The van der Waals surface area contributed by atoms with Crippen LogP contribution in [-0.2, 0) is 0 Å². The van der Waals surface area contributed by atoms with Crippen molar-refractivity contribution in [3.8, 4) is 6.07 Å². The molecule has 30 heavy (non-hydrogen) atoms. The maximum Gasteiger partial charge on any atom is 0.101 e. The van der Waals surface area contributed by atoms with Gasteiger partial charge < -0.3 is 4.90 Å². The molecule has 1 aromatic rings. The van der Waals surface area contributed by atoms with Crippen LogP contribution in [0.2, 0.25) is 0 Å². The Morgan fingerprint density at radius 3 is 2.07 bits per heavy atom. The summed E-state index contributed by atoms with van der Waals surface area (Å²) in [4.78, 5) is 5.24. The minimum atomic E-state index is 0.153. The summed E-state index contributed by atoms with van der Waals surface area (Å²) in [6, 6.07) is 11.0. The Kier molecular flexibility index (Phi) is 6.14. The summed E-state index contributed by atoms with van der Waals surface area (Å²) in [5, 5.41) is 9.50. The van der Waals surface area contributed by atoms with Crippen LogP contribution in [0.3, 0.4) is 0 Å². The van der Waals surface area contributed by atoms with Crippen LogP contribution < -0.4 is 4.90 Å². The van der Waals surface area contributed by atoms with Gasteiger partial charge in [0.1, 0.15) is 6.07 Å². The molecule has 1 fully saturated rings. The van der Waals surface area contributed by atoms with Gasteiger partial charge in [0.25, 0.3) is 0 Å². The van der Waals surface area contributed by atoms with Crippen molar-refractivity contribution in [2.24, 2.45) is 10.8 Å². The van der Waals surface area contributed by atoms with Gasteiger partial charge in [0.15, 0.2) is 0 Å².